The molecule has 33 heavy (non-hydrogen) atoms. The van der Waals surface area contributed by atoms with Crippen molar-refractivity contribution in [3.8, 4) is 0 Å². The summed E-state index contributed by atoms with van der Waals surface area (Å²) in [6, 6.07) is 5.26. The van der Waals surface area contributed by atoms with Gasteiger partial charge >= 0.3 is 0 Å². The van der Waals surface area contributed by atoms with Gasteiger partial charge in [0.1, 0.15) is 5.82 Å². The highest BCUT2D eigenvalue weighted by atomic mass is 32.2. The van der Waals surface area contributed by atoms with E-state index in [1.165, 1.54) is 18.4 Å². The molecule has 1 N–H and O–H groups in total. The molecule has 9 nitrogen and oxygen atoms in total. The molecule has 0 radical (unpaired) electrons. The third-order valence-corrected chi connectivity index (χ3v) is 7.95. The molecule has 0 aliphatic carbocycles. The Morgan fingerprint density at radius 3 is 2.58 bits per heavy atom. The first-order valence-corrected chi connectivity index (χ1v) is 13.0. The van der Waals surface area contributed by atoms with Crippen LogP contribution in [0.5, 0.6) is 0 Å². The quantitative estimate of drug-likeness (QED) is 0.556. The summed E-state index contributed by atoms with van der Waals surface area (Å²) in [6.45, 7) is 8.33. The van der Waals surface area contributed by atoms with Crippen molar-refractivity contribution in [1.29, 1.82) is 0 Å². The van der Waals surface area contributed by atoms with E-state index in [1.807, 2.05) is 11.6 Å². The smallest absolute Gasteiger partial charge is 0.242 e. The van der Waals surface area contributed by atoms with Crippen LogP contribution in [0.25, 0.3) is 11.0 Å². The van der Waals surface area contributed by atoms with Gasteiger partial charge in [-0.2, -0.15) is 0 Å². The first kappa shape index (κ1) is 25.6. The molecular weight excluding hydrogens is 442 g/mol. The first-order valence-electron chi connectivity index (χ1n) is 11.6. The molecule has 1 aromatic carbocycles. The molecule has 0 saturated carbocycles. The standard InChI is InChI=1S/C23H37N5O4S/c1-17(2)14-18(28-10-12-32-13-11-28)16-24-23(29)9-8-22-25-20-15-19(33(30,31)26(3)4)6-7-21(20)27(22)5/h6-7,15,17-18H,8-14,16H2,1-5H3,(H,24,29). The van der Waals surface area contributed by atoms with Crippen LogP contribution in [0.15, 0.2) is 23.1 Å². The van der Waals surface area contributed by atoms with Crippen LogP contribution < -0.4 is 5.32 Å². The average molecular weight is 480 g/mol. The predicted octanol–water partition coefficient (Wildman–Crippen LogP) is 1.62. The molecule has 1 aliphatic rings. The Kier molecular flexibility index (Phi) is 8.49. The fraction of sp³-hybridized carbons (Fsp3) is 0.652. The Labute approximate surface area is 197 Å². The largest absolute Gasteiger partial charge is 0.379 e. The zero-order valence-electron chi connectivity index (χ0n) is 20.4. The summed E-state index contributed by atoms with van der Waals surface area (Å²) >= 11 is 0. The van der Waals surface area contributed by atoms with Crippen molar-refractivity contribution in [2.24, 2.45) is 13.0 Å². The molecule has 3 rings (SSSR count). The number of imidazole rings is 1. The van der Waals surface area contributed by atoms with Crippen molar-refractivity contribution < 1.29 is 17.9 Å². The lowest BCUT2D eigenvalue weighted by Crippen LogP contribution is -2.49. The van der Waals surface area contributed by atoms with Gasteiger partial charge in [-0.05, 0) is 30.5 Å². The molecule has 184 valence electrons. The lowest BCUT2D eigenvalue weighted by molar-refractivity contribution is -0.121. The molecule has 2 aromatic rings. The summed E-state index contributed by atoms with van der Waals surface area (Å²) in [7, 11) is 1.38. The number of morpholine rings is 1. The van der Waals surface area contributed by atoms with Crippen molar-refractivity contribution >= 4 is 27.0 Å². The van der Waals surface area contributed by atoms with Gasteiger partial charge < -0.3 is 14.6 Å². The number of nitrogens with zero attached hydrogens (tertiary/aromatic N) is 4. The van der Waals surface area contributed by atoms with Gasteiger partial charge in [-0.1, -0.05) is 13.8 Å². The Balaban J connectivity index is 1.62. The number of aryl methyl sites for hydroxylation is 2. The van der Waals surface area contributed by atoms with Gasteiger partial charge in [0.25, 0.3) is 0 Å². The second-order valence-corrected chi connectivity index (χ2v) is 11.4. The third-order valence-electron chi connectivity index (χ3n) is 6.14. The number of carbonyl (C=O) groups excluding carboxylic acids is 1. The monoisotopic (exact) mass is 479 g/mol. The van der Waals surface area contributed by atoms with Crippen LogP contribution in [0.3, 0.4) is 0 Å². The number of hydrogen-bond donors (Lipinski definition) is 1. The summed E-state index contributed by atoms with van der Waals surface area (Å²) in [5, 5.41) is 3.11. The van der Waals surface area contributed by atoms with E-state index in [-0.39, 0.29) is 10.8 Å². The third kappa shape index (κ3) is 6.32. The molecule has 1 atom stereocenters. The molecule has 1 unspecified atom stereocenters. The molecule has 10 heteroatoms. The van der Waals surface area contributed by atoms with Crippen molar-refractivity contribution in [3.05, 3.63) is 24.0 Å². The van der Waals surface area contributed by atoms with E-state index in [4.69, 9.17) is 4.74 Å². The normalized spacial score (nSPS) is 16.6. The molecule has 0 spiro atoms. The maximum Gasteiger partial charge on any atom is 0.242 e. The van der Waals surface area contributed by atoms with Crippen molar-refractivity contribution in [2.75, 3.05) is 46.9 Å². The minimum absolute atomic E-state index is 0.0000497. The molecule has 1 saturated heterocycles. The molecule has 2 heterocycles. The number of sulfonamides is 1. The molecule has 0 bridgehead atoms. The van der Waals surface area contributed by atoms with Crippen molar-refractivity contribution in [2.45, 2.75) is 44.0 Å². The summed E-state index contributed by atoms with van der Waals surface area (Å²) in [6.07, 6.45) is 1.85. The van der Waals surface area contributed by atoms with Gasteiger partial charge in [-0.3, -0.25) is 9.69 Å². The maximum absolute atomic E-state index is 12.6. The van der Waals surface area contributed by atoms with Crippen molar-refractivity contribution in [1.82, 2.24) is 24.1 Å². The highest BCUT2D eigenvalue weighted by Crippen LogP contribution is 2.22. The van der Waals surface area contributed by atoms with Gasteiger partial charge in [0.15, 0.2) is 0 Å². The summed E-state index contributed by atoms with van der Waals surface area (Å²) < 4.78 is 33.4. The van der Waals surface area contributed by atoms with Gasteiger partial charge in [0.05, 0.1) is 29.1 Å². The number of rotatable bonds is 10. The maximum atomic E-state index is 12.6. The van der Waals surface area contributed by atoms with Crippen LogP contribution in [0.4, 0.5) is 0 Å². The number of nitrogens with one attached hydrogen (secondary N) is 1. The number of benzene rings is 1. The fourth-order valence-corrected chi connectivity index (χ4v) is 5.14. The molecule has 1 fully saturated rings. The van der Waals surface area contributed by atoms with E-state index >= 15 is 0 Å². The van der Waals surface area contributed by atoms with Gasteiger partial charge in [0, 0.05) is 59.7 Å². The van der Waals surface area contributed by atoms with E-state index in [9.17, 15) is 13.2 Å². The number of aromatic nitrogens is 2. The summed E-state index contributed by atoms with van der Waals surface area (Å²) in [5.41, 5.74) is 1.45. The predicted molar refractivity (Wildman–Crippen MR) is 129 cm³/mol. The number of fused-ring (bicyclic) bond motifs is 1. The number of amides is 1. The molecule has 1 amide bonds. The zero-order chi connectivity index (χ0) is 24.2. The topological polar surface area (TPSA) is 96.8 Å². The van der Waals surface area contributed by atoms with Crippen LogP contribution in [0, 0.1) is 5.92 Å². The first-order chi connectivity index (χ1) is 15.6. The van der Waals surface area contributed by atoms with E-state index < -0.39 is 10.0 Å². The molecule has 1 aliphatic heterocycles. The second-order valence-electron chi connectivity index (χ2n) is 9.26. The minimum Gasteiger partial charge on any atom is -0.379 e. The van der Waals surface area contributed by atoms with E-state index in [0.29, 0.717) is 36.9 Å². The fourth-order valence-electron chi connectivity index (χ4n) is 4.22. The Morgan fingerprint density at radius 1 is 1.24 bits per heavy atom. The van der Waals surface area contributed by atoms with E-state index in [2.05, 4.69) is 29.0 Å². The van der Waals surface area contributed by atoms with Crippen LogP contribution in [-0.2, 0) is 33.0 Å². The summed E-state index contributed by atoms with van der Waals surface area (Å²) in [4.78, 5) is 19.8. The van der Waals surface area contributed by atoms with Crippen LogP contribution >= 0.6 is 0 Å². The number of hydrogen-bond acceptors (Lipinski definition) is 6. The summed E-state index contributed by atoms with van der Waals surface area (Å²) in [5.74, 6) is 1.31. The van der Waals surface area contributed by atoms with Crippen LogP contribution in [0.2, 0.25) is 0 Å². The molecular formula is C23H37N5O4S. The lowest BCUT2D eigenvalue weighted by atomic mass is 10.0. The number of ether oxygens (including phenoxy) is 1. The van der Waals surface area contributed by atoms with Crippen LogP contribution in [-0.4, -0.2) is 86.1 Å². The van der Waals surface area contributed by atoms with E-state index in [0.717, 1.165) is 44.1 Å². The van der Waals surface area contributed by atoms with E-state index in [1.54, 1.807) is 18.2 Å². The van der Waals surface area contributed by atoms with Gasteiger partial charge in [0.2, 0.25) is 15.9 Å². The van der Waals surface area contributed by atoms with Crippen LogP contribution in [0.1, 0.15) is 32.5 Å². The van der Waals surface area contributed by atoms with Crippen molar-refractivity contribution in [3.63, 3.8) is 0 Å². The Bertz CT molecular complexity index is 1060. The Hall–Kier alpha value is -2.01. The number of carbonyl (C=O) groups is 1. The molecule has 1 aromatic heterocycles. The highest BCUT2D eigenvalue weighted by molar-refractivity contribution is 7.89. The highest BCUT2D eigenvalue weighted by Gasteiger charge is 2.23. The Morgan fingerprint density at radius 2 is 1.94 bits per heavy atom. The average Bonchev–Trinajstić information content (AvgIpc) is 3.10. The second kappa shape index (κ2) is 10.9. The minimum atomic E-state index is -3.52. The van der Waals surface area contributed by atoms with Gasteiger partial charge in [-0.25, -0.2) is 17.7 Å². The zero-order valence-corrected chi connectivity index (χ0v) is 21.2. The SMILES string of the molecule is CC(C)CC(CNC(=O)CCc1nc2cc(S(=O)(=O)N(C)C)ccc2n1C)N1CCOCC1. The van der Waals surface area contributed by atoms with Gasteiger partial charge in [-0.15, -0.1) is 0 Å². The lowest BCUT2D eigenvalue weighted by Gasteiger charge is -2.35.